The topological polar surface area (TPSA) is 0 Å². The second kappa shape index (κ2) is 7.09. The van der Waals surface area contributed by atoms with Crippen LogP contribution < -0.4 is 0 Å². The van der Waals surface area contributed by atoms with Gasteiger partial charge in [0, 0.05) is 0 Å². The highest BCUT2D eigenvalue weighted by atomic mass is 14.1. The third kappa shape index (κ3) is 3.39. The molecule has 0 spiro atoms. The van der Waals surface area contributed by atoms with Crippen LogP contribution in [0.25, 0.3) is 11.1 Å². The second-order valence-corrected chi connectivity index (χ2v) is 5.36. The van der Waals surface area contributed by atoms with Gasteiger partial charge in [-0.25, -0.2) is 0 Å². The van der Waals surface area contributed by atoms with Crippen LogP contribution in [0.2, 0.25) is 0 Å². The van der Waals surface area contributed by atoms with Gasteiger partial charge in [0.2, 0.25) is 0 Å². The first-order valence-corrected chi connectivity index (χ1v) is 7.55. The number of rotatable bonds is 6. The highest BCUT2D eigenvalue weighted by Gasteiger charge is 2.05. The van der Waals surface area contributed by atoms with Crippen molar-refractivity contribution >= 4 is 0 Å². The number of hydrogen-bond donors (Lipinski definition) is 0. The maximum atomic E-state index is 3.81. The zero-order chi connectivity index (χ0) is 14.4. The molecule has 0 aliphatic rings. The van der Waals surface area contributed by atoms with E-state index in [9.17, 15) is 0 Å². The number of benzene rings is 2. The van der Waals surface area contributed by atoms with E-state index in [1.165, 1.54) is 40.7 Å². The molecule has 0 amide bonds. The van der Waals surface area contributed by atoms with Crippen LogP contribution in [-0.4, -0.2) is 0 Å². The Hall–Kier alpha value is -1.82. The molecule has 0 nitrogen and oxygen atoms in total. The minimum absolute atomic E-state index is 1.04. The monoisotopic (exact) mass is 264 g/mol. The largest absolute Gasteiger partial charge is 0.103 e. The Bertz CT molecular complexity index is 561. The third-order valence-corrected chi connectivity index (χ3v) is 3.87. The van der Waals surface area contributed by atoms with E-state index in [-0.39, 0.29) is 0 Å². The van der Waals surface area contributed by atoms with Crippen LogP contribution in [0.3, 0.4) is 0 Å². The van der Waals surface area contributed by atoms with Crippen LogP contribution in [-0.2, 0) is 12.8 Å². The van der Waals surface area contributed by atoms with Gasteiger partial charge in [-0.1, -0.05) is 61.9 Å². The molecule has 0 saturated heterocycles. The first-order valence-electron chi connectivity index (χ1n) is 7.55. The molecule has 0 heteroatoms. The molecule has 0 radical (unpaired) electrons. The van der Waals surface area contributed by atoms with Crippen molar-refractivity contribution in [1.29, 1.82) is 0 Å². The van der Waals surface area contributed by atoms with Gasteiger partial charge in [0.15, 0.2) is 0 Å². The lowest BCUT2D eigenvalue weighted by atomic mass is 9.93. The van der Waals surface area contributed by atoms with Gasteiger partial charge in [-0.05, 0) is 54.0 Å². The summed E-state index contributed by atoms with van der Waals surface area (Å²) in [5.74, 6) is 0. The Kier molecular flexibility index (Phi) is 5.17. The molecule has 0 unspecified atom stereocenters. The van der Waals surface area contributed by atoms with Gasteiger partial charge < -0.3 is 0 Å². The molecule has 0 aromatic heterocycles. The molecular formula is C20H24. The summed E-state index contributed by atoms with van der Waals surface area (Å²) in [6.07, 6.45) is 6.48. The van der Waals surface area contributed by atoms with Gasteiger partial charge in [0.25, 0.3) is 0 Å². The van der Waals surface area contributed by atoms with Crippen LogP contribution in [0, 0.1) is 6.92 Å². The van der Waals surface area contributed by atoms with Crippen LogP contribution in [0.1, 0.15) is 36.5 Å². The van der Waals surface area contributed by atoms with Crippen LogP contribution in [0.15, 0.2) is 55.1 Å². The van der Waals surface area contributed by atoms with Crippen molar-refractivity contribution in [1.82, 2.24) is 0 Å². The normalized spacial score (nSPS) is 10.5. The maximum absolute atomic E-state index is 3.81. The summed E-state index contributed by atoms with van der Waals surface area (Å²) < 4.78 is 0. The average Bonchev–Trinajstić information content (AvgIpc) is 2.48. The van der Waals surface area contributed by atoms with Crippen LogP contribution in [0.5, 0.6) is 0 Å². The molecule has 0 heterocycles. The van der Waals surface area contributed by atoms with Crippen LogP contribution in [0.4, 0.5) is 0 Å². The van der Waals surface area contributed by atoms with Crippen molar-refractivity contribution in [3.63, 3.8) is 0 Å². The molecule has 0 bridgehead atoms. The highest BCUT2D eigenvalue weighted by Crippen LogP contribution is 2.27. The van der Waals surface area contributed by atoms with E-state index in [0.29, 0.717) is 0 Å². The van der Waals surface area contributed by atoms with Gasteiger partial charge in [0.1, 0.15) is 0 Å². The zero-order valence-electron chi connectivity index (χ0n) is 12.7. The SMILES string of the molecule is C=CCCc1cccc(-c2ccc(CCC)cc2)c1C. The molecule has 20 heavy (non-hydrogen) atoms. The molecule has 2 aromatic rings. The highest BCUT2D eigenvalue weighted by molar-refractivity contribution is 5.68. The summed E-state index contributed by atoms with van der Waals surface area (Å²) in [6.45, 7) is 8.27. The van der Waals surface area contributed by atoms with Gasteiger partial charge >= 0.3 is 0 Å². The molecular weight excluding hydrogens is 240 g/mol. The van der Waals surface area contributed by atoms with Gasteiger partial charge in [-0.2, -0.15) is 0 Å². The summed E-state index contributed by atoms with van der Waals surface area (Å²) in [5.41, 5.74) is 6.94. The van der Waals surface area contributed by atoms with E-state index < -0.39 is 0 Å². The number of aryl methyl sites for hydroxylation is 2. The predicted molar refractivity (Wildman–Crippen MR) is 89.1 cm³/mol. The smallest absolute Gasteiger partial charge is 0.0152 e. The lowest BCUT2D eigenvalue weighted by Crippen LogP contribution is -1.92. The van der Waals surface area contributed by atoms with E-state index in [1.807, 2.05) is 6.08 Å². The molecule has 0 atom stereocenters. The van der Waals surface area contributed by atoms with Crippen molar-refractivity contribution < 1.29 is 0 Å². The lowest BCUT2D eigenvalue weighted by Gasteiger charge is -2.11. The Morgan fingerprint density at radius 3 is 2.40 bits per heavy atom. The lowest BCUT2D eigenvalue weighted by molar-refractivity contribution is 0.922. The fourth-order valence-electron chi connectivity index (χ4n) is 2.66. The molecule has 104 valence electrons. The van der Waals surface area contributed by atoms with E-state index in [0.717, 1.165) is 12.8 Å². The van der Waals surface area contributed by atoms with Crippen molar-refractivity contribution in [2.24, 2.45) is 0 Å². The molecule has 0 saturated carbocycles. The summed E-state index contributed by atoms with van der Waals surface area (Å²) in [4.78, 5) is 0. The molecule has 2 aromatic carbocycles. The molecule has 0 aliphatic heterocycles. The van der Waals surface area contributed by atoms with Crippen molar-refractivity contribution in [3.05, 3.63) is 71.8 Å². The van der Waals surface area contributed by atoms with Gasteiger partial charge in [0.05, 0.1) is 0 Å². The van der Waals surface area contributed by atoms with Crippen molar-refractivity contribution in [3.8, 4) is 11.1 Å². The summed E-state index contributed by atoms with van der Waals surface area (Å²) in [6, 6.07) is 15.6. The Labute approximate surface area is 123 Å². The summed E-state index contributed by atoms with van der Waals surface area (Å²) >= 11 is 0. The first-order chi connectivity index (χ1) is 9.76. The van der Waals surface area contributed by atoms with E-state index >= 15 is 0 Å². The van der Waals surface area contributed by atoms with E-state index in [2.05, 4.69) is 62.9 Å². The number of allylic oxidation sites excluding steroid dienone is 1. The molecule has 0 N–H and O–H groups in total. The molecule has 0 fully saturated rings. The average molecular weight is 264 g/mol. The second-order valence-electron chi connectivity index (χ2n) is 5.36. The van der Waals surface area contributed by atoms with Crippen molar-refractivity contribution in [2.75, 3.05) is 0 Å². The molecule has 2 rings (SSSR count). The first kappa shape index (κ1) is 14.6. The number of hydrogen-bond acceptors (Lipinski definition) is 0. The van der Waals surface area contributed by atoms with Gasteiger partial charge in [-0.15, -0.1) is 6.58 Å². The molecule has 0 aliphatic carbocycles. The minimum Gasteiger partial charge on any atom is -0.103 e. The standard InChI is InChI=1S/C20H24/c1-4-6-9-18-10-7-11-20(16(18)3)19-14-12-17(8-5-2)13-15-19/h4,7,10-15H,1,5-6,8-9H2,2-3H3. The summed E-state index contributed by atoms with van der Waals surface area (Å²) in [5, 5.41) is 0. The Balaban J connectivity index is 2.29. The minimum atomic E-state index is 1.04. The Morgan fingerprint density at radius 1 is 1.00 bits per heavy atom. The predicted octanol–water partition coefficient (Wildman–Crippen LogP) is 5.73. The van der Waals surface area contributed by atoms with E-state index in [1.54, 1.807) is 0 Å². The fourth-order valence-corrected chi connectivity index (χ4v) is 2.66. The van der Waals surface area contributed by atoms with Crippen molar-refractivity contribution in [2.45, 2.75) is 39.5 Å². The fraction of sp³-hybridized carbons (Fsp3) is 0.300. The Morgan fingerprint density at radius 2 is 1.75 bits per heavy atom. The van der Waals surface area contributed by atoms with Crippen LogP contribution >= 0.6 is 0 Å². The van der Waals surface area contributed by atoms with E-state index in [4.69, 9.17) is 0 Å². The summed E-state index contributed by atoms with van der Waals surface area (Å²) in [7, 11) is 0. The third-order valence-electron chi connectivity index (χ3n) is 3.87. The van der Waals surface area contributed by atoms with Gasteiger partial charge in [-0.3, -0.25) is 0 Å². The quantitative estimate of drug-likeness (QED) is 0.584. The maximum Gasteiger partial charge on any atom is -0.0152 e. The zero-order valence-corrected chi connectivity index (χ0v) is 12.7.